The number of carbonyl (C=O) groups is 1. The van der Waals surface area contributed by atoms with Gasteiger partial charge in [-0.15, -0.1) is 0 Å². The number of carbonyl (C=O) groups excluding carboxylic acids is 1. The summed E-state index contributed by atoms with van der Waals surface area (Å²) in [4.78, 5) is 14.5. The Morgan fingerprint density at radius 1 is 1.38 bits per heavy atom. The molecule has 0 unspecified atom stereocenters. The second-order valence-electron chi connectivity index (χ2n) is 6.44. The predicted molar refractivity (Wildman–Crippen MR) is 90.6 cm³/mol. The van der Waals surface area contributed by atoms with Gasteiger partial charge in [-0.2, -0.15) is 0 Å². The van der Waals surface area contributed by atoms with E-state index in [4.69, 9.17) is 4.42 Å². The summed E-state index contributed by atoms with van der Waals surface area (Å²) in [5.74, 6) is 1.03. The van der Waals surface area contributed by atoms with Gasteiger partial charge in [-0.3, -0.25) is 4.79 Å². The number of benzene rings is 1. The lowest BCUT2D eigenvalue weighted by atomic mass is 9.86. The molecule has 2 N–H and O–H groups in total. The number of likely N-dealkylation sites (tertiary alicyclic amines) is 1. The minimum absolute atomic E-state index is 0.127. The van der Waals surface area contributed by atoms with Crippen LogP contribution in [0.1, 0.15) is 35.9 Å². The van der Waals surface area contributed by atoms with Crippen LogP contribution in [0.5, 0.6) is 0 Å². The van der Waals surface area contributed by atoms with Crippen LogP contribution in [0.4, 0.5) is 0 Å². The van der Waals surface area contributed by atoms with Crippen LogP contribution < -0.4 is 0 Å². The van der Waals surface area contributed by atoms with Crippen molar-refractivity contribution >= 4 is 5.91 Å². The van der Waals surface area contributed by atoms with Gasteiger partial charge in [0.1, 0.15) is 17.6 Å². The Kier molecular flexibility index (Phi) is 4.47. The van der Waals surface area contributed by atoms with Gasteiger partial charge in [-0.05, 0) is 25.8 Å². The molecule has 2 heterocycles. The van der Waals surface area contributed by atoms with Gasteiger partial charge in [0.2, 0.25) is 0 Å². The van der Waals surface area contributed by atoms with E-state index in [9.17, 15) is 15.0 Å². The van der Waals surface area contributed by atoms with Crippen molar-refractivity contribution in [2.45, 2.75) is 38.4 Å². The summed E-state index contributed by atoms with van der Waals surface area (Å²) in [5, 5.41) is 20.6. The fourth-order valence-corrected chi connectivity index (χ4v) is 3.21. The molecule has 2 atom stereocenters. The fourth-order valence-electron chi connectivity index (χ4n) is 3.21. The first-order valence-electron chi connectivity index (χ1n) is 8.30. The van der Waals surface area contributed by atoms with Crippen LogP contribution in [0.2, 0.25) is 0 Å². The number of β-amino-alcohol motifs (C(OH)–C–C–N with tert-alkyl or cyclic N) is 1. The second kappa shape index (κ2) is 6.42. The summed E-state index contributed by atoms with van der Waals surface area (Å²) in [6, 6.07) is 11.2. The first kappa shape index (κ1) is 16.7. The zero-order valence-electron chi connectivity index (χ0n) is 14.0. The molecule has 1 saturated heterocycles. The second-order valence-corrected chi connectivity index (χ2v) is 6.44. The third kappa shape index (κ3) is 2.97. The minimum Gasteiger partial charge on any atom is -0.461 e. The molecule has 1 aliphatic heterocycles. The lowest BCUT2D eigenvalue weighted by Gasteiger charge is -2.41. The first-order valence-corrected chi connectivity index (χ1v) is 8.30. The molecular weight excluding hydrogens is 306 g/mol. The van der Waals surface area contributed by atoms with E-state index in [0.29, 0.717) is 36.5 Å². The number of nitrogens with zero attached hydrogens (tertiary/aromatic N) is 1. The van der Waals surface area contributed by atoms with Crippen LogP contribution in [-0.4, -0.2) is 45.8 Å². The number of hydrogen-bond acceptors (Lipinski definition) is 4. The highest BCUT2D eigenvalue weighted by Crippen LogP contribution is 2.31. The van der Waals surface area contributed by atoms with Crippen LogP contribution in [0.25, 0.3) is 11.3 Å². The van der Waals surface area contributed by atoms with E-state index >= 15 is 0 Å². The average molecular weight is 329 g/mol. The summed E-state index contributed by atoms with van der Waals surface area (Å²) in [7, 11) is 0. The van der Waals surface area contributed by atoms with Crippen molar-refractivity contribution in [3.8, 4) is 11.3 Å². The standard InChI is InChI=1S/C19H23NO4/c1-3-19(23)9-10-20(12-16(19)21)18(22)15-11-13(2)24-17(15)14-7-5-4-6-8-14/h4-8,11,16,21,23H,3,9-10,12H2,1-2H3/t16-,19-/m1/s1. The summed E-state index contributed by atoms with van der Waals surface area (Å²) < 4.78 is 5.74. The molecule has 0 saturated carbocycles. The van der Waals surface area contributed by atoms with Crippen LogP contribution >= 0.6 is 0 Å². The topological polar surface area (TPSA) is 73.9 Å². The zero-order chi connectivity index (χ0) is 17.3. The van der Waals surface area contributed by atoms with Gasteiger partial charge >= 0.3 is 0 Å². The lowest BCUT2D eigenvalue weighted by molar-refractivity contribution is -0.114. The van der Waals surface area contributed by atoms with Gasteiger partial charge in [0.15, 0.2) is 0 Å². The van der Waals surface area contributed by atoms with Gasteiger partial charge in [-0.1, -0.05) is 37.3 Å². The normalized spacial score (nSPS) is 24.2. The molecule has 2 aromatic rings. The van der Waals surface area contributed by atoms with Crippen molar-refractivity contribution in [3.05, 3.63) is 47.7 Å². The van der Waals surface area contributed by atoms with Crippen LogP contribution in [0.3, 0.4) is 0 Å². The zero-order valence-corrected chi connectivity index (χ0v) is 14.0. The highest BCUT2D eigenvalue weighted by Gasteiger charge is 2.41. The Labute approximate surface area is 141 Å². The average Bonchev–Trinajstić information content (AvgIpc) is 2.99. The monoisotopic (exact) mass is 329 g/mol. The largest absolute Gasteiger partial charge is 0.461 e. The number of aryl methyl sites for hydroxylation is 1. The molecule has 1 aromatic heterocycles. The number of furan rings is 1. The maximum Gasteiger partial charge on any atom is 0.257 e. The molecule has 0 spiro atoms. The van der Waals surface area contributed by atoms with E-state index in [1.165, 1.54) is 0 Å². The molecule has 0 bridgehead atoms. The summed E-state index contributed by atoms with van der Waals surface area (Å²) in [6.07, 6.45) is -0.0992. The highest BCUT2D eigenvalue weighted by molar-refractivity contribution is 6.00. The van der Waals surface area contributed by atoms with Crippen molar-refractivity contribution in [1.29, 1.82) is 0 Å². The Morgan fingerprint density at radius 3 is 2.71 bits per heavy atom. The third-order valence-corrected chi connectivity index (χ3v) is 4.85. The molecule has 128 valence electrons. The molecule has 24 heavy (non-hydrogen) atoms. The first-order chi connectivity index (χ1) is 11.4. The van der Waals surface area contributed by atoms with Gasteiger partial charge in [0.25, 0.3) is 5.91 Å². The van der Waals surface area contributed by atoms with Crippen molar-refractivity contribution in [2.75, 3.05) is 13.1 Å². The molecule has 1 aromatic carbocycles. The molecule has 3 rings (SSSR count). The van der Waals surface area contributed by atoms with Gasteiger partial charge in [0, 0.05) is 18.7 Å². The number of aliphatic hydroxyl groups is 2. The smallest absolute Gasteiger partial charge is 0.257 e. The summed E-state index contributed by atoms with van der Waals surface area (Å²) in [5.41, 5.74) is 0.232. The number of aliphatic hydroxyl groups excluding tert-OH is 1. The molecule has 0 radical (unpaired) electrons. The van der Waals surface area contributed by atoms with E-state index in [0.717, 1.165) is 5.56 Å². The van der Waals surface area contributed by atoms with Crippen molar-refractivity contribution in [3.63, 3.8) is 0 Å². The number of hydrogen-bond donors (Lipinski definition) is 2. The Balaban J connectivity index is 1.87. The quantitative estimate of drug-likeness (QED) is 0.908. The molecule has 1 fully saturated rings. The fraction of sp³-hybridized carbons (Fsp3) is 0.421. The van der Waals surface area contributed by atoms with Gasteiger partial charge in [-0.25, -0.2) is 0 Å². The lowest BCUT2D eigenvalue weighted by Crippen LogP contribution is -2.56. The van der Waals surface area contributed by atoms with Crippen molar-refractivity contribution < 1.29 is 19.4 Å². The summed E-state index contributed by atoms with van der Waals surface area (Å²) >= 11 is 0. The highest BCUT2D eigenvalue weighted by atomic mass is 16.3. The van der Waals surface area contributed by atoms with E-state index in [1.807, 2.05) is 44.2 Å². The van der Waals surface area contributed by atoms with Crippen LogP contribution in [0, 0.1) is 6.92 Å². The van der Waals surface area contributed by atoms with Gasteiger partial charge in [0.05, 0.1) is 11.2 Å². The van der Waals surface area contributed by atoms with Crippen molar-refractivity contribution in [1.82, 2.24) is 4.90 Å². The van der Waals surface area contributed by atoms with Crippen LogP contribution in [-0.2, 0) is 0 Å². The molecule has 0 aliphatic carbocycles. The van der Waals surface area contributed by atoms with Crippen LogP contribution in [0.15, 0.2) is 40.8 Å². The van der Waals surface area contributed by atoms with Gasteiger partial charge < -0.3 is 19.5 Å². The molecule has 5 heteroatoms. The molecule has 1 amide bonds. The number of piperidine rings is 1. The Hall–Kier alpha value is -2.11. The van der Waals surface area contributed by atoms with E-state index < -0.39 is 11.7 Å². The van der Waals surface area contributed by atoms with E-state index in [2.05, 4.69) is 0 Å². The number of rotatable bonds is 3. The maximum atomic E-state index is 12.9. The number of amides is 1. The molecular formula is C19H23NO4. The maximum absolute atomic E-state index is 12.9. The van der Waals surface area contributed by atoms with E-state index in [-0.39, 0.29) is 12.5 Å². The molecule has 1 aliphatic rings. The minimum atomic E-state index is -1.11. The summed E-state index contributed by atoms with van der Waals surface area (Å²) in [6.45, 7) is 4.19. The predicted octanol–water partition coefficient (Wildman–Crippen LogP) is 2.60. The third-order valence-electron chi connectivity index (χ3n) is 4.85. The molecule has 5 nitrogen and oxygen atoms in total. The Bertz CT molecular complexity index is 724. The SMILES string of the molecule is CC[C@@]1(O)CCN(C(=O)c2cc(C)oc2-c2ccccc2)C[C@H]1O. The Morgan fingerprint density at radius 2 is 2.08 bits per heavy atom. The van der Waals surface area contributed by atoms with Crippen molar-refractivity contribution in [2.24, 2.45) is 0 Å². The van der Waals surface area contributed by atoms with E-state index in [1.54, 1.807) is 11.0 Å².